The van der Waals surface area contributed by atoms with Crippen molar-refractivity contribution in [3.8, 4) is 5.75 Å². The normalized spacial score (nSPS) is 10.9. The monoisotopic (exact) mass is 309 g/mol. The van der Waals surface area contributed by atoms with Crippen LogP contribution < -0.4 is 4.74 Å². The Hall–Kier alpha value is -2.24. The average Bonchev–Trinajstić information content (AvgIpc) is 2.41. The topological polar surface area (TPSA) is 76.1 Å². The molecule has 0 atom stereocenters. The quantitative estimate of drug-likeness (QED) is 0.817. The molecule has 0 aromatic heterocycles. The second-order valence-corrected chi connectivity index (χ2v) is 5.94. The Morgan fingerprint density at radius 1 is 1.27 bits per heavy atom. The molecule has 1 rings (SSSR count). The number of rotatable bonds is 6. The fraction of sp³-hybridized carbons (Fsp3) is 0.500. The number of nitrogens with zero attached hydrogens (tertiary/aromatic N) is 1. The Kier molecular flexibility index (Phi) is 6.22. The zero-order valence-electron chi connectivity index (χ0n) is 13.5. The third-order valence-corrected chi connectivity index (χ3v) is 2.69. The number of ether oxygens (including phenoxy) is 2. The molecule has 0 aliphatic rings. The maximum atomic E-state index is 11.7. The molecule has 1 aromatic rings. The van der Waals surface area contributed by atoms with Crippen molar-refractivity contribution < 1.29 is 24.2 Å². The van der Waals surface area contributed by atoms with Crippen LogP contribution in [-0.4, -0.2) is 47.9 Å². The van der Waals surface area contributed by atoms with Crippen molar-refractivity contribution >= 4 is 12.1 Å². The highest BCUT2D eigenvalue weighted by Gasteiger charge is 2.19. The number of carbonyl (C=O) groups is 2. The first-order valence-corrected chi connectivity index (χ1v) is 7.09. The Balaban J connectivity index is 2.34. The zero-order chi connectivity index (χ0) is 16.8. The lowest BCUT2D eigenvalue weighted by Gasteiger charge is -2.24. The van der Waals surface area contributed by atoms with Gasteiger partial charge < -0.3 is 19.5 Å². The first-order valence-electron chi connectivity index (χ1n) is 7.09. The summed E-state index contributed by atoms with van der Waals surface area (Å²) in [6.07, 6.45) is 0.243. The van der Waals surface area contributed by atoms with E-state index in [0.717, 1.165) is 0 Å². The highest BCUT2D eigenvalue weighted by Crippen LogP contribution is 2.14. The van der Waals surface area contributed by atoms with Crippen molar-refractivity contribution in [1.82, 2.24) is 4.90 Å². The van der Waals surface area contributed by atoms with E-state index < -0.39 is 11.6 Å². The van der Waals surface area contributed by atoms with Crippen molar-refractivity contribution in [2.45, 2.75) is 32.8 Å². The number of carbonyl (C=O) groups excluding carboxylic acids is 1. The molecule has 0 unspecified atom stereocenters. The molecule has 0 aliphatic heterocycles. The van der Waals surface area contributed by atoms with E-state index in [2.05, 4.69) is 0 Å². The van der Waals surface area contributed by atoms with Gasteiger partial charge in [0.05, 0.1) is 12.2 Å². The lowest BCUT2D eigenvalue weighted by Crippen LogP contribution is -2.35. The number of aromatic carboxylic acids is 1. The van der Waals surface area contributed by atoms with Crippen molar-refractivity contribution in [2.75, 3.05) is 20.2 Å². The number of amides is 1. The Morgan fingerprint density at radius 3 is 2.55 bits per heavy atom. The summed E-state index contributed by atoms with van der Waals surface area (Å²) >= 11 is 0. The molecule has 0 fully saturated rings. The van der Waals surface area contributed by atoms with Gasteiger partial charge in [0.15, 0.2) is 0 Å². The minimum absolute atomic E-state index is 0.184. The Morgan fingerprint density at radius 2 is 1.95 bits per heavy atom. The Labute approximate surface area is 130 Å². The molecule has 1 N–H and O–H groups in total. The molecule has 122 valence electrons. The Bertz CT molecular complexity index is 522. The lowest BCUT2D eigenvalue weighted by molar-refractivity contribution is 0.0291. The predicted molar refractivity (Wildman–Crippen MR) is 82.4 cm³/mol. The second kappa shape index (κ2) is 7.68. The zero-order valence-corrected chi connectivity index (χ0v) is 13.5. The van der Waals surface area contributed by atoms with E-state index >= 15 is 0 Å². The van der Waals surface area contributed by atoms with E-state index in [1.165, 1.54) is 17.0 Å². The molecule has 0 aliphatic carbocycles. The van der Waals surface area contributed by atoms with E-state index in [-0.39, 0.29) is 11.7 Å². The van der Waals surface area contributed by atoms with E-state index in [4.69, 9.17) is 14.6 Å². The minimum atomic E-state index is -0.991. The van der Waals surface area contributed by atoms with Crippen LogP contribution in [-0.2, 0) is 4.74 Å². The number of carboxylic acids is 1. The van der Waals surface area contributed by atoms with Crippen LogP contribution in [0.3, 0.4) is 0 Å². The molecule has 0 saturated heterocycles. The van der Waals surface area contributed by atoms with Gasteiger partial charge in [-0.3, -0.25) is 0 Å². The van der Waals surface area contributed by atoms with E-state index in [0.29, 0.717) is 25.3 Å². The highest BCUT2D eigenvalue weighted by molar-refractivity contribution is 5.87. The van der Waals surface area contributed by atoms with Gasteiger partial charge in [0.1, 0.15) is 11.4 Å². The van der Waals surface area contributed by atoms with E-state index in [1.54, 1.807) is 19.2 Å². The van der Waals surface area contributed by atoms with Crippen molar-refractivity contribution in [2.24, 2.45) is 0 Å². The molecular formula is C16H23NO5. The van der Waals surface area contributed by atoms with Gasteiger partial charge in [-0.25, -0.2) is 9.59 Å². The number of hydrogen-bond acceptors (Lipinski definition) is 4. The van der Waals surface area contributed by atoms with Gasteiger partial charge in [-0.2, -0.15) is 0 Å². The summed E-state index contributed by atoms with van der Waals surface area (Å²) in [5.74, 6) is -0.491. The van der Waals surface area contributed by atoms with Crippen LogP contribution in [0, 0.1) is 0 Å². The van der Waals surface area contributed by atoms with Crippen LogP contribution in [0.4, 0.5) is 4.79 Å². The summed E-state index contributed by atoms with van der Waals surface area (Å²) in [5, 5.41) is 8.89. The number of carboxylic acid groups (broad SMARTS) is 1. The average molecular weight is 309 g/mol. The summed E-state index contributed by atoms with van der Waals surface area (Å²) in [5.41, 5.74) is -0.331. The molecule has 0 saturated carbocycles. The second-order valence-electron chi connectivity index (χ2n) is 5.94. The molecule has 0 heterocycles. The molecule has 0 spiro atoms. The molecule has 0 bridgehead atoms. The molecule has 1 amide bonds. The van der Waals surface area contributed by atoms with Crippen molar-refractivity contribution in [1.29, 1.82) is 0 Å². The van der Waals surface area contributed by atoms with Gasteiger partial charge in [0.25, 0.3) is 0 Å². The fourth-order valence-electron chi connectivity index (χ4n) is 1.64. The molecule has 6 nitrogen and oxygen atoms in total. The summed E-state index contributed by atoms with van der Waals surface area (Å²) in [6, 6.07) is 6.31. The van der Waals surface area contributed by atoms with Gasteiger partial charge in [-0.05, 0) is 45.4 Å². The summed E-state index contributed by atoms with van der Waals surface area (Å²) < 4.78 is 10.7. The van der Waals surface area contributed by atoms with Crippen molar-refractivity contribution in [3.05, 3.63) is 29.8 Å². The number of benzene rings is 1. The van der Waals surface area contributed by atoms with Crippen LogP contribution in [0.1, 0.15) is 37.6 Å². The SMILES string of the molecule is CN(CCCOc1cccc(C(=O)O)c1)C(=O)OC(C)(C)C. The molecule has 6 heteroatoms. The first-order chi connectivity index (χ1) is 10.2. The minimum Gasteiger partial charge on any atom is -0.494 e. The third-order valence-electron chi connectivity index (χ3n) is 2.69. The van der Waals surface area contributed by atoms with Crippen LogP contribution in [0.15, 0.2) is 24.3 Å². The van der Waals surface area contributed by atoms with Crippen molar-refractivity contribution in [3.63, 3.8) is 0 Å². The maximum Gasteiger partial charge on any atom is 0.410 e. The van der Waals surface area contributed by atoms with Gasteiger partial charge in [0.2, 0.25) is 0 Å². The fourth-order valence-corrected chi connectivity index (χ4v) is 1.64. The highest BCUT2D eigenvalue weighted by atomic mass is 16.6. The van der Waals surface area contributed by atoms with Gasteiger partial charge in [-0.1, -0.05) is 6.07 Å². The van der Waals surface area contributed by atoms with Crippen LogP contribution in [0.2, 0.25) is 0 Å². The lowest BCUT2D eigenvalue weighted by atomic mass is 10.2. The number of hydrogen-bond donors (Lipinski definition) is 1. The van der Waals surface area contributed by atoms with Crippen LogP contribution >= 0.6 is 0 Å². The largest absolute Gasteiger partial charge is 0.494 e. The van der Waals surface area contributed by atoms with E-state index in [9.17, 15) is 9.59 Å². The molecular weight excluding hydrogens is 286 g/mol. The van der Waals surface area contributed by atoms with Crippen LogP contribution in [0.5, 0.6) is 5.75 Å². The standard InChI is InChI=1S/C16H23NO5/c1-16(2,3)22-15(20)17(4)9-6-10-21-13-8-5-7-12(11-13)14(18)19/h5,7-8,11H,6,9-10H2,1-4H3,(H,18,19). The summed E-state index contributed by atoms with van der Waals surface area (Å²) in [7, 11) is 1.67. The summed E-state index contributed by atoms with van der Waals surface area (Å²) in [6.45, 7) is 6.33. The molecule has 0 radical (unpaired) electrons. The van der Waals surface area contributed by atoms with Gasteiger partial charge in [-0.15, -0.1) is 0 Å². The van der Waals surface area contributed by atoms with Crippen LogP contribution in [0.25, 0.3) is 0 Å². The first kappa shape index (κ1) is 17.8. The predicted octanol–water partition coefficient (Wildman–Crippen LogP) is 3.02. The van der Waals surface area contributed by atoms with Gasteiger partial charge >= 0.3 is 12.1 Å². The molecule has 1 aromatic carbocycles. The molecule has 22 heavy (non-hydrogen) atoms. The van der Waals surface area contributed by atoms with Gasteiger partial charge in [0, 0.05) is 13.6 Å². The smallest absolute Gasteiger partial charge is 0.410 e. The van der Waals surface area contributed by atoms with E-state index in [1.807, 2.05) is 20.8 Å². The maximum absolute atomic E-state index is 11.7. The third kappa shape index (κ3) is 6.47. The summed E-state index contributed by atoms with van der Waals surface area (Å²) in [4.78, 5) is 24.1.